The van der Waals surface area contributed by atoms with Crippen LogP contribution >= 0.6 is 0 Å². The van der Waals surface area contributed by atoms with Gasteiger partial charge >= 0.3 is 5.97 Å². The Balaban J connectivity index is 1.56. The lowest BCUT2D eigenvalue weighted by atomic mass is 9.73. The molecule has 2 N–H and O–H groups in total. The van der Waals surface area contributed by atoms with Gasteiger partial charge in [0.15, 0.2) is 0 Å². The fourth-order valence-electron chi connectivity index (χ4n) is 5.38. The van der Waals surface area contributed by atoms with Crippen molar-refractivity contribution in [1.82, 2.24) is 9.88 Å². The van der Waals surface area contributed by atoms with Crippen molar-refractivity contribution >= 4 is 16.9 Å². The van der Waals surface area contributed by atoms with Gasteiger partial charge in [-0.2, -0.15) is 0 Å². The molecule has 6 heteroatoms. The van der Waals surface area contributed by atoms with Crippen LogP contribution in [0.4, 0.5) is 0 Å². The highest BCUT2D eigenvalue weighted by atomic mass is 16.5. The summed E-state index contributed by atoms with van der Waals surface area (Å²) in [6.07, 6.45) is 5.37. The molecule has 4 heterocycles. The van der Waals surface area contributed by atoms with Crippen LogP contribution in [0.15, 0.2) is 67.4 Å². The van der Waals surface area contributed by atoms with Crippen molar-refractivity contribution in [3.8, 4) is 5.75 Å². The van der Waals surface area contributed by atoms with Crippen LogP contribution in [0.1, 0.15) is 40.4 Å². The van der Waals surface area contributed by atoms with Crippen LogP contribution in [0.2, 0.25) is 0 Å². The lowest BCUT2D eigenvalue weighted by Crippen LogP contribution is -2.55. The molecule has 3 saturated heterocycles. The van der Waals surface area contributed by atoms with E-state index < -0.39 is 12.1 Å². The highest BCUT2D eigenvalue weighted by molar-refractivity contribution is 5.90. The number of hydrogen-bond donors (Lipinski definition) is 2. The first-order valence-corrected chi connectivity index (χ1v) is 11.4. The molecule has 3 fully saturated rings. The molecule has 3 aliphatic rings. The zero-order valence-corrected chi connectivity index (χ0v) is 18.4. The van der Waals surface area contributed by atoms with Crippen molar-refractivity contribution in [3.63, 3.8) is 0 Å². The Bertz CT molecular complexity index is 1180. The summed E-state index contributed by atoms with van der Waals surface area (Å²) in [5, 5.41) is 20.2. The van der Waals surface area contributed by atoms with Gasteiger partial charge in [0.05, 0.1) is 23.7 Å². The molecular formula is C27H28N2O4. The minimum Gasteiger partial charge on any atom is -0.508 e. The number of nitrogens with zero attached hydrogens (tertiary/aromatic N) is 2. The molecule has 2 aromatic carbocycles. The number of ether oxygens (including phenoxy) is 1. The van der Waals surface area contributed by atoms with E-state index in [-0.39, 0.29) is 18.4 Å². The largest absolute Gasteiger partial charge is 0.508 e. The van der Waals surface area contributed by atoms with Crippen molar-refractivity contribution in [2.45, 2.75) is 31.6 Å². The molecule has 1 aromatic heterocycles. The maximum Gasteiger partial charge on any atom is 0.338 e. The van der Waals surface area contributed by atoms with Gasteiger partial charge in [-0.25, -0.2) is 4.79 Å². The normalized spacial score (nSPS) is 25.0. The molecule has 3 aromatic rings. The van der Waals surface area contributed by atoms with Gasteiger partial charge < -0.3 is 14.9 Å². The van der Waals surface area contributed by atoms with E-state index in [0.717, 1.165) is 48.0 Å². The van der Waals surface area contributed by atoms with E-state index in [0.29, 0.717) is 17.4 Å². The van der Waals surface area contributed by atoms with E-state index in [4.69, 9.17) is 4.74 Å². The molecule has 6 nitrogen and oxygen atoms in total. The van der Waals surface area contributed by atoms with Gasteiger partial charge in [0.25, 0.3) is 0 Å². The van der Waals surface area contributed by atoms with E-state index >= 15 is 0 Å². The Labute approximate surface area is 193 Å². The Hall–Kier alpha value is -3.22. The molecule has 0 amide bonds. The molecule has 6 rings (SSSR count). The number of aromatic nitrogens is 1. The molecule has 3 unspecified atom stereocenters. The monoisotopic (exact) mass is 444 g/mol. The molecule has 33 heavy (non-hydrogen) atoms. The zero-order chi connectivity index (χ0) is 22.9. The topological polar surface area (TPSA) is 82.9 Å². The van der Waals surface area contributed by atoms with Crippen molar-refractivity contribution < 1.29 is 19.7 Å². The Morgan fingerprint density at radius 1 is 1.24 bits per heavy atom. The van der Waals surface area contributed by atoms with Crippen LogP contribution in [0.25, 0.3) is 10.9 Å². The van der Waals surface area contributed by atoms with Crippen molar-refractivity contribution in [1.29, 1.82) is 0 Å². The third kappa shape index (κ3) is 4.12. The third-order valence-corrected chi connectivity index (χ3v) is 7.17. The summed E-state index contributed by atoms with van der Waals surface area (Å²) >= 11 is 0. The number of carbonyl (C=O) groups excluding carboxylic acids is 1. The zero-order valence-electron chi connectivity index (χ0n) is 18.4. The van der Waals surface area contributed by atoms with Gasteiger partial charge in [-0.15, -0.1) is 6.58 Å². The van der Waals surface area contributed by atoms with E-state index in [2.05, 4.69) is 22.5 Å². The van der Waals surface area contributed by atoms with E-state index in [1.807, 2.05) is 24.3 Å². The SMILES string of the molecule is C=C[C@H]1CN2CCC1C[C@H]2C(OC(=O)c1ccc(O)cc1)c1ccnc2ccc(CO)cc12. The minimum atomic E-state index is -0.487. The average molecular weight is 445 g/mol. The van der Waals surface area contributed by atoms with Crippen LogP contribution < -0.4 is 0 Å². The highest BCUT2D eigenvalue weighted by Gasteiger charge is 2.44. The van der Waals surface area contributed by atoms with Gasteiger partial charge in [-0.1, -0.05) is 12.1 Å². The molecule has 0 saturated carbocycles. The summed E-state index contributed by atoms with van der Waals surface area (Å²) in [6.45, 7) is 5.84. The number of carbonyl (C=O) groups is 1. The molecule has 3 aliphatic heterocycles. The first-order valence-electron chi connectivity index (χ1n) is 11.4. The predicted octanol–water partition coefficient (Wildman–Crippen LogP) is 4.23. The second-order valence-corrected chi connectivity index (χ2v) is 9.03. The standard InChI is InChI=1S/C27H28N2O4/c1-2-18-15-29-12-10-20(18)14-25(29)26(33-27(32)19-4-6-21(31)7-5-19)22-9-11-28-24-8-3-17(16-30)13-23(22)24/h2-9,11,13,18,20,25-26,30-31H,1,10,12,14-16H2/t18-,20?,25-,26?/m0/s1. The number of esters is 1. The van der Waals surface area contributed by atoms with Crippen LogP contribution in [0.5, 0.6) is 5.75 Å². The fourth-order valence-corrected chi connectivity index (χ4v) is 5.38. The average Bonchev–Trinajstić information content (AvgIpc) is 2.87. The third-order valence-electron chi connectivity index (χ3n) is 7.17. The maximum absolute atomic E-state index is 13.2. The van der Waals surface area contributed by atoms with Crippen molar-refractivity contribution in [3.05, 3.63) is 84.1 Å². The number of aliphatic hydroxyl groups is 1. The lowest BCUT2D eigenvalue weighted by molar-refractivity contribution is -0.0568. The van der Waals surface area contributed by atoms with Crippen LogP contribution in [0.3, 0.4) is 0 Å². The Morgan fingerprint density at radius 3 is 2.76 bits per heavy atom. The first-order chi connectivity index (χ1) is 16.1. The summed E-state index contributed by atoms with van der Waals surface area (Å²) in [4.78, 5) is 20.1. The van der Waals surface area contributed by atoms with Gasteiger partial charge in [-0.05, 0) is 79.3 Å². The van der Waals surface area contributed by atoms with E-state index in [1.54, 1.807) is 18.3 Å². The predicted molar refractivity (Wildman–Crippen MR) is 126 cm³/mol. The first kappa shape index (κ1) is 21.6. The number of aliphatic hydroxyl groups excluding tert-OH is 1. The number of fused-ring (bicyclic) bond motifs is 4. The van der Waals surface area contributed by atoms with E-state index in [9.17, 15) is 15.0 Å². The maximum atomic E-state index is 13.2. The van der Waals surface area contributed by atoms with Gasteiger partial charge in [0, 0.05) is 23.7 Å². The molecule has 2 bridgehead atoms. The minimum absolute atomic E-state index is 0.0457. The lowest BCUT2D eigenvalue weighted by Gasteiger charge is -2.51. The molecule has 5 atom stereocenters. The quantitative estimate of drug-likeness (QED) is 0.437. The number of pyridine rings is 1. The smallest absolute Gasteiger partial charge is 0.338 e. The Kier molecular flexibility index (Phi) is 5.87. The van der Waals surface area contributed by atoms with E-state index in [1.165, 1.54) is 12.1 Å². The Morgan fingerprint density at radius 2 is 2.06 bits per heavy atom. The number of benzene rings is 2. The summed E-state index contributed by atoms with van der Waals surface area (Å²) in [6, 6.07) is 13.8. The van der Waals surface area contributed by atoms with Crippen LogP contribution in [-0.4, -0.2) is 45.2 Å². The van der Waals surface area contributed by atoms with Crippen LogP contribution in [0, 0.1) is 11.8 Å². The number of phenolic OH excluding ortho intramolecular Hbond substituents is 1. The highest BCUT2D eigenvalue weighted by Crippen LogP contribution is 2.43. The van der Waals surface area contributed by atoms with Crippen molar-refractivity contribution in [2.75, 3.05) is 13.1 Å². The molecule has 0 spiro atoms. The number of rotatable bonds is 6. The van der Waals surface area contributed by atoms with Crippen LogP contribution in [-0.2, 0) is 11.3 Å². The van der Waals surface area contributed by atoms with Gasteiger partial charge in [0.1, 0.15) is 11.9 Å². The van der Waals surface area contributed by atoms with Gasteiger partial charge in [-0.3, -0.25) is 9.88 Å². The number of aromatic hydroxyl groups is 1. The summed E-state index contributed by atoms with van der Waals surface area (Å²) in [5.74, 6) is 0.657. The number of piperidine rings is 3. The molecule has 170 valence electrons. The van der Waals surface area contributed by atoms with Gasteiger partial charge in [0.2, 0.25) is 0 Å². The summed E-state index contributed by atoms with van der Waals surface area (Å²) < 4.78 is 6.23. The van der Waals surface area contributed by atoms with Crippen molar-refractivity contribution in [2.24, 2.45) is 11.8 Å². The fraction of sp³-hybridized carbons (Fsp3) is 0.333. The molecule has 0 radical (unpaired) electrons. The number of hydrogen-bond acceptors (Lipinski definition) is 6. The molecule has 0 aliphatic carbocycles. The summed E-state index contributed by atoms with van der Waals surface area (Å²) in [5.41, 5.74) is 2.88. The molecular weight excluding hydrogens is 416 g/mol. The second kappa shape index (κ2) is 8.96. The second-order valence-electron chi connectivity index (χ2n) is 9.03. The number of phenols is 1. The summed E-state index contributed by atoms with van der Waals surface area (Å²) in [7, 11) is 0.